The van der Waals surface area contributed by atoms with Crippen molar-refractivity contribution >= 4 is 11.9 Å². The molecule has 17 nitrogen and oxygen atoms in total. The van der Waals surface area contributed by atoms with Crippen LogP contribution >= 0.6 is 0 Å². The Balaban J connectivity index is 2.55. The van der Waals surface area contributed by atoms with E-state index in [1.807, 2.05) is 0 Å². The van der Waals surface area contributed by atoms with E-state index in [-0.39, 0.29) is 19.1 Å². The van der Waals surface area contributed by atoms with Gasteiger partial charge in [-0.15, -0.1) is 40.6 Å². The molecule has 0 unspecified atom stereocenters. The average Bonchev–Trinajstić information content (AvgIpc) is 2.48. The second-order valence-corrected chi connectivity index (χ2v) is 3.43. The first-order chi connectivity index (χ1) is 10.9. The van der Waals surface area contributed by atoms with Crippen LogP contribution in [0.25, 0.3) is 0 Å². The van der Waals surface area contributed by atoms with Crippen molar-refractivity contribution in [3.05, 3.63) is 30.3 Å². The first kappa shape index (κ1) is 17.4. The van der Waals surface area contributed by atoms with E-state index in [0.717, 1.165) is 0 Å². The van der Waals surface area contributed by atoms with Gasteiger partial charge in [0.15, 0.2) is 5.03 Å². The predicted molar refractivity (Wildman–Crippen MR) is 66.3 cm³/mol. The molecule has 0 bridgehead atoms. The molecule has 0 aliphatic heterocycles. The minimum atomic E-state index is -1.10. The van der Waals surface area contributed by atoms with Gasteiger partial charge >= 0.3 is 5.95 Å². The molecule has 0 aliphatic rings. The molecule has 17 heteroatoms. The Morgan fingerprint density at radius 1 is 0.957 bits per heavy atom. The Morgan fingerprint density at radius 3 is 2.04 bits per heavy atom. The molecule has 0 fully saturated rings. The SMILES string of the molecule is O=[N+]([O-])OCCNc1nnc(N(CCO[N+](=O)[O-])[N+](=O)[O-])nn1. The Hall–Kier alpha value is -3.66. The molecule has 0 aromatic carbocycles. The van der Waals surface area contributed by atoms with Crippen LogP contribution in [0.4, 0.5) is 11.9 Å². The molecule has 0 atom stereocenters. The Morgan fingerprint density at radius 2 is 1.52 bits per heavy atom. The summed E-state index contributed by atoms with van der Waals surface area (Å²) < 4.78 is 0. The largest absolute Gasteiger partial charge is 0.350 e. The first-order valence-corrected chi connectivity index (χ1v) is 5.68. The molecule has 0 radical (unpaired) electrons. The number of nitrogens with zero attached hydrogens (tertiary/aromatic N) is 8. The van der Waals surface area contributed by atoms with Gasteiger partial charge < -0.3 is 15.0 Å². The highest BCUT2D eigenvalue weighted by Crippen LogP contribution is 2.04. The van der Waals surface area contributed by atoms with Crippen LogP contribution in [0.3, 0.4) is 0 Å². The van der Waals surface area contributed by atoms with Gasteiger partial charge in [0, 0.05) is 6.54 Å². The van der Waals surface area contributed by atoms with Crippen LogP contribution in [0.1, 0.15) is 0 Å². The fraction of sp³-hybridized carbons (Fsp3) is 0.667. The maximum Gasteiger partial charge on any atom is 0.325 e. The minimum Gasteiger partial charge on any atom is -0.350 e. The number of anilines is 2. The molecule has 0 saturated heterocycles. The topological polar surface area (TPSA) is 215 Å². The first-order valence-electron chi connectivity index (χ1n) is 5.68. The van der Waals surface area contributed by atoms with E-state index in [1.54, 1.807) is 0 Å². The molecule has 1 aromatic heterocycles. The van der Waals surface area contributed by atoms with E-state index < -0.39 is 34.3 Å². The van der Waals surface area contributed by atoms with Crippen LogP contribution in [-0.4, -0.2) is 61.9 Å². The summed E-state index contributed by atoms with van der Waals surface area (Å²) in [5.41, 5.74) is 0. The van der Waals surface area contributed by atoms with Gasteiger partial charge in [-0.2, -0.15) is 0 Å². The summed E-state index contributed by atoms with van der Waals surface area (Å²) in [7, 11) is 0. The number of hydrazine groups is 1. The number of nitro groups is 1. The minimum absolute atomic E-state index is 0.0285. The highest BCUT2D eigenvalue weighted by atomic mass is 17.0. The third kappa shape index (κ3) is 6.55. The van der Waals surface area contributed by atoms with Gasteiger partial charge in [-0.05, 0) is 0 Å². The monoisotopic (exact) mass is 335 g/mol. The zero-order chi connectivity index (χ0) is 17.2. The van der Waals surface area contributed by atoms with E-state index in [4.69, 9.17) is 0 Å². The fourth-order valence-electron chi connectivity index (χ4n) is 1.14. The van der Waals surface area contributed by atoms with Crippen LogP contribution < -0.4 is 10.3 Å². The second-order valence-electron chi connectivity index (χ2n) is 3.43. The van der Waals surface area contributed by atoms with Crippen molar-refractivity contribution in [1.29, 1.82) is 0 Å². The van der Waals surface area contributed by atoms with Gasteiger partial charge in [0.2, 0.25) is 0 Å². The zero-order valence-electron chi connectivity index (χ0n) is 11.2. The van der Waals surface area contributed by atoms with Crippen molar-refractivity contribution < 1.29 is 24.9 Å². The van der Waals surface area contributed by atoms with Crippen molar-refractivity contribution in [3.8, 4) is 0 Å². The molecule has 1 heterocycles. The molecule has 0 spiro atoms. The molecule has 1 rings (SSSR count). The van der Waals surface area contributed by atoms with Gasteiger partial charge in [0.25, 0.3) is 16.1 Å². The van der Waals surface area contributed by atoms with Gasteiger partial charge in [0.05, 0.1) is 0 Å². The van der Waals surface area contributed by atoms with Crippen molar-refractivity contribution in [1.82, 2.24) is 20.4 Å². The van der Waals surface area contributed by atoms with Gasteiger partial charge in [-0.1, -0.05) is 5.01 Å². The Labute approximate surface area is 125 Å². The van der Waals surface area contributed by atoms with E-state index in [0.29, 0.717) is 5.01 Å². The molecule has 126 valence electrons. The van der Waals surface area contributed by atoms with E-state index in [2.05, 4.69) is 35.4 Å². The summed E-state index contributed by atoms with van der Waals surface area (Å²) in [6, 6.07) is 0. The summed E-state index contributed by atoms with van der Waals surface area (Å²) in [4.78, 5) is 38.7. The predicted octanol–water partition coefficient (Wildman–Crippen LogP) is -1.91. The molecule has 0 saturated carbocycles. The van der Waals surface area contributed by atoms with Gasteiger partial charge in [0.1, 0.15) is 19.8 Å². The maximum atomic E-state index is 10.8. The van der Waals surface area contributed by atoms with Crippen molar-refractivity contribution in [3.63, 3.8) is 0 Å². The van der Waals surface area contributed by atoms with Crippen molar-refractivity contribution in [2.24, 2.45) is 0 Å². The van der Waals surface area contributed by atoms with E-state index in [1.165, 1.54) is 0 Å². The lowest BCUT2D eigenvalue weighted by molar-refractivity contribution is -0.757. The standard InChI is InChI=1S/C6H9N9O8/c16-13(17)12(2-4-23-15(20)21)6-10-8-5(9-11-6)7-1-3-22-14(18)19/h1-4H2,(H,7,8,9). The highest BCUT2D eigenvalue weighted by molar-refractivity contribution is 5.25. The van der Waals surface area contributed by atoms with E-state index >= 15 is 0 Å². The summed E-state index contributed by atoms with van der Waals surface area (Å²) in [5, 5.41) is 44.3. The molecule has 1 aromatic rings. The number of rotatable bonds is 11. The zero-order valence-corrected chi connectivity index (χ0v) is 11.2. The lowest BCUT2D eigenvalue weighted by Crippen LogP contribution is -2.35. The Kier molecular flexibility index (Phi) is 6.49. The smallest absolute Gasteiger partial charge is 0.325 e. The molecule has 23 heavy (non-hydrogen) atoms. The van der Waals surface area contributed by atoms with Crippen LogP contribution in [0.5, 0.6) is 0 Å². The van der Waals surface area contributed by atoms with Crippen LogP contribution in [-0.2, 0) is 9.68 Å². The molecule has 0 aliphatic carbocycles. The van der Waals surface area contributed by atoms with Crippen molar-refractivity contribution in [2.45, 2.75) is 0 Å². The summed E-state index contributed by atoms with van der Waals surface area (Å²) in [6.07, 6.45) is 0. The third-order valence-electron chi connectivity index (χ3n) is 1.98. The van der Waals surface area contributed by atoms with E-state index in [9.17, 15) is 30.3 Å². The number of hydrogen-bond donors (Lipinski definition) is 1. The van der Waals surface area contributed by atoms with Crippen LogP contribution in [0.2, 0.25) is 0 Å². The normalized spacial score (nSPS) is 9.74. The fourth-order valence-corrected chi connectivity index (χ4v) is 1.14. The van der Waals surface area contributed by atoms with Crippen LogP contribution in [0, 0.1) is 30.3 Å². The summed E-state index contributed by atoms with van der Waals surface area (Å²) >= 11 is 0. The Bertz CT molecular complexity index is 551. The summed E-state index contributed by atoms with van der Waals surface area (Å²) in [6.45, 7) is -1.41. The van der Waals surface area contributed by atoms with Gasteiger partial charge in [-0.25, -0.2) is 10.1 Å². The lowest BCUT2D eigenvalue weighted by Gasteiger charge is -2.10. The lowest BCUT2D eigenvalue weighted by atomic mass is 10.6. The summed E-state index contributed by atoms with van der Waals surface area (Å²) in [5.74, 6) is -0.667. The van der Waals surface area contributed by atoms with Gasteiger partial charge in [-0.3, -0.25) is 0 Å². The molecular formula is C6H9N9O8. The number of nitrogens with one attached hydrogen (secondary N) is 1. The quantitative estimate of drug-likeness (QED) is 0.265. The second kappa shape index (κ2) is 8.59. The third-order valence-corrected chi connectivity index (χ3v) is 1.98. The molecular weight excluding hydrogens is 326 g/mol. The number of hydrogen-bond acceptors (Lipinski definition) is 13. The average molecular weight is 335 g/mol. The number of aromatic nitrogens is 4. The van der Waals surface area contributed by atoms with Crippen LogP contribution in [0.15, 0.2) is 0 Å². The molecule has 1 N–H and O–H groups in total. The van der Waals surface area contributed by atoms with Crippen molar-refractivity contribution in [2.75, 3.05) is 36.6 Å². The highest BCUT2D eigenvalue weighted by Gasteiger charge is 2.22. The maximum absolute atomic E-state index is 10.8. The molecule has 0 amide bonds.